The van der Waals surface area contributed by atoms with Crippen molar-refractivity contribution in [1.82, 2.24) is 4.57 Å². The SMILES string of the molecule is CCN(CC)c1ccc(-n2ccc(CCN)c2)cc1. The fourth-order valence-electron chi connectivity index (χ4n) is 2.34. The number of aromatic nitrogens is 1. The quantitative estimate of drug-likeness (QED) is 0.863. The summed E-state index contributed by atoms with van der Waals surface area (Å²) in [6.07, 6.45) is 5.18. The van der Waals surface area contributed by atoms with Gasteiger partial charge < -0.3 is 15.2 Å². The second-order valence-corrected chi connectivity index (χ2v) is 4.65. The van der Waals surface area contributed by atoms with Gasteiger partial charge in [0.15, 0.2) is 0 Å². The molecule has 0 aliphatic heterocycles. The molecule has 19 heavy (non-hydrogen) atoms. The second-order valence-electron chi connectivity index (χ2n) is 4.65. The number of nitrogens with zero attached hydrogens (tertiary/aromatic N) is 2. The maximum Gasteiger partial charge on any atom is 0.0450 e. The monoisotopic (exact) mass is 257 g/mol. The van der Waals surface area contributed by atoms with Crippen LogP contribution >= 0.6 is 0 Å². The zero-order valence-corrected chi connectivity index (χ0v) is 11.8. The Morgan fingerprint density at radius 1 is 1.05 bits per heavy atom. The first-order valence-corrected chi connectivity index (χ1v) is 7.00. The minimum Gasteiger partial charge on any atom is -0.372 e. The lowest BCUT2D eigenvalue weighted by Crippen LogP contribution is -2.21. The molecule has 102 valence electrons. The number of hydrogen-bond donors (Lipinski definition) is 1. The Balaban J connectivity index is 2.17. The van der Waals surface area contributed by atoms with E-state index >= 15 is 0 Å². The molecule has 0 saturated carbocycles. The molecule has 0 amide bonds. The third-order valence-electron chi connectivity index (χ3n) is 3.46. The molecule has 2 aromatic rings. The smallest absolute Gasteiger partial charge is 0.0450 e. The predicted octanol–water partition coefficient (Wildman–Crippen LogP) is 2.82. The molecule has 1 aromatic heterocycles. The molecule has 0 aliphatic carbocycles. The van der Waals surface area contributed by atoms with Crippen LogP contribution in [0, 0.1) is 0 Å². The van der Waals surface area contributed by atoms with Crippen molar-refractivity contribution < 1.29 is 0 Å². The second kappa shape index (κ2) is 6.43. The molecule has 0 unspecified atom stereocenters. The summed E-state index contributed by atoms with van der Waals surface area (Å²) in [7, 11) is 0. The Morgan fingerprint density at radius 3 is 2.32 bits per heavy atom. The van der Waals surface area contributed by atoms with Gasteiger partial charge in [-0.15, -0.1) is 0 Å². The molecule has 0 radical (unpaired) electrons. The highest BCUT2D eigenvalue weighted by Gasteiger charge is 2.03. The molecule has 3 heteroatoms. The van der Waals surface area contributed by atoms with E-state index in [9.17, 15) is 0 Å². The summed E-state index contributed by atoms with van der Waals surface area (Å²) in [5, 5.41) is 0. The number of hydrogen-bond acceptors (Lipinski definition) is 2. The van der Waals surface area contributed by atoms with E-state index in [4.69, 9.17) is 5.73 Å². The van der Waals surface area contributed by atoms with Crippen molar-refractivity contribution in [3.63, 3.8) is 0 Å². The average Bonchev–Trinajstić information content (AvgIpc) is 2.90. The number of nitrogens with two attached hydrogens (primary N) is 1. The molecule has 0 spiro atoms. The van der Waals surface area contributed by atoms with Crippen LogP contribution in [0.15, 0.2) is 42.7 Å². The summed E-state index contributed by atoms with van der Waals surface area (Å²) >= 11 is 0. The Bertz CT molecular complexity index is 495. The zero-order valence-electron chi connectivity index (χ0n) is 11.8. The maximum atomic E-state index is 5.58. The molecule has 0 atom stereocenters. The summed E-state index contributed by atoms with van der Waals surface area (Å²) < 4.78 is 2.15. The van der Waals surface area contributed by atoms with Crippen molar-refractivity contribution in [2.24, 2.45) is 5.73 Å². The van der Waals surface area contributed by atoms with Crippen LogP contribution < -0.4 is 10.6 Å². The minimum atomic E-state index is 0.699. The fourth-order valence-corrected chi connectivity index (χ4v) is 2.34. The van der Waals surface area contributed by atoms with Gasteiger partial charge in [0.05, 0.1) is 0 Å². The predicted molar refractivity (Wildman–Crippen MR) is 82.1 cm³/mol. The van der Waals surface area contributed by atoms with Gasteiger partial charge in [0.1, 0.15) is 0 Å². The van der Waals surface area contributed by atoms with E-state index in [-0.39, 0.29) is 0 Å². The molecule has 3 nitrogen and oxygen atoms in total. The van der Waals surface area contributed by atoms with Crippen LogP contribution in [0.3, 0.4) is 0 Å². The Hall–Kier alpha value is -1.74. The van der Waals surface area contributed by atoms with Crippen LogP contribution in [0.1, 0.15) is 19.4 Å². The molecule has 0 bridgehead atoms. The Kier molecular flexibility index (Phi) is 4.63. The Labute approximate surface area is 115 Å². The van der Waals surface area contributed by atoms with Gasteiger partial charge in [-0.25, -0.2) is 0 Å². The molecule has 0 fully saturated rings. The van der Waals surface area contributed by atoms with E-state index in [1.165, 1.54) is 16.9 Å². The molecule has 2 rings (SSSR count). The van der Waals surface area contributed by atoms with E-state index in [0.717, 1.165) is 19.5 Å². The van der Waals surface area contributed by atoms with E-state index in [1.54, 1.807) is 0 Å². The molecule has 0 saturated heterocycles. The van der Waals surface area contributed by atoms with Gasteiger partial charge in [-0.1, -0.05) is 0 Å². The fraction of sp³-hybridized carbons (Fsp3) is 0.375. The van der Waals surface area contributed by atoms with Crippen LogP contribution in [-0.4, -0.2) is 24.2 Å². The van der Waals surface area contributed by atoms with Crippen molar-refractivity contribution in [2.75, 3.05) is 24.5 Å². The van der Waals surface area contributed by atoms with Crippen LogP contribution in [0.5, 0.6) is 0 Å². The summed E-state index contributed by atoms with van der Waals surface area (Å²) in [6, 6.07) is 10.8. The van der Waals surface area contributed by atoms with Gasteiger partial charge in [0.2, 0.25) is 0 Å². The van der Waals surface area contributed by atoms with E-state index in [2.05, 4.69) is 66.0 Å². The highest BCUT2D eigenvalue weighted by molar-refractivity contribution is 5.51. The number of anilines is 1. The topological polar surface area (TPSA) is 34.2 Å². The molecular weight excluding hydrogens is 234 g/mol. The lowest BCUT2D eigenvalue weighted by molar-refractivity contribution is 0.865. The third kappa shape index (κ3) is 3.18. The molecule has 1 heterocycles. The molecular formula is C16H23N3. The minimum absolute atomic E-state index is 0.699. The lowest BCUT2D eigenvalue weighted by atomic mass is 10.2. The summed E-state index contributed by atoms with van der Waals surface area (Å²) in [5.74, 6) is 0. The summed E-state index contributed by atoms with van der Waals surface area (Å²) in [4.78, 5) is 2.35. The molecule has 2 N–H and O–H groups in total. The van der Waals surface area contributed by atoms with Crippen molar-refractivity contribution >= 4 is 5.69 Å². The first-order valence-electron chi connectivity index (χ1n) is 7.00. The van der Waals surface area contributed by atoms with E-state index in [1.807, 2.05) is 0 Å². The zero-order chi connectivity index (χ0) is 13.7. The van der Waals surface area contributed by atoms with Crippen LogP contribution in [-0.2, 0) is 6.42 Å². The van der Waals surface area contributed by atoms with Crippen LogP contribution in [0.2, 0.25) is 0 Å². The van der Waals surface area contributed by atoms with Gasteiger partial charge in [-0.2, -0.15) is 0 Å². The standard InChI is InChI=1S/C16H23N3/c1-3-18(4-2)15-5-7-16(8-6-15)19-12-10-14(13-19)9-11-17/h5-8,10,12-13H,3-4,9,11,17H2,1-2H3. The van der Waals surface area contributed by atoms with Crippen molar-refractivity contribution in [2.45, 2.75) is 20.3 Å². The normalized spacial score (nSPS) is 10.7. The third-order valence-corrected chi connectivity index (χ3v) is 3.46. The summed E-state index contributed by atoms with van der Waals surface area (Å²) in [6.45, 7) is 7.15. The number of rotatable bonds is 6. The van der Waals surface area contributed by atoms with E-state index in [0.29, 0.717) is 6.54 Å². The van der Waals surface area contributed by atoms with E-state index < -0.39 is 0 Å². The average molecular weight is 257 g/mol. The first-order chi connectivity index (χ1) is 9.28. The van der Waals surface area contributed by atoms with Gasteiger partial charge in [0, 0.05) is 36.9 Å². The van der Waals surface area contributed by atoms with Crippen molar-refractivity contribution in [3.05, 3.63) is 48.3 Å². The van der Waals surface area contributed by atoms with Crippen molar-refractivity contribution in [1.29, 1.82) is 0 Å². The lowest BCUT2D eigenvalue weighted by Gasteiger charge is -2.21. The maximum absolute atomic E-state index is 5.58. The summed E-state index contributed by atoms with van der Waals surface area (Å²) in [5.41, 5.74) is 9.34. The molecule has 1 aromatic carbocycles. The van der Waals surface area contributed by atoms with Crippen LogP contribution in [0.4, 0.5) is 5.69 Å². The first kappa shape index (κ1) is 13.7. The highest BCUT2D eigenvalue weighted by Crippen LogP contribution is 2.18. The van der Waals surface area contributed by atoms with Crippen molar-refractivity contribution in [3.8, 4) is 5.69 Å². The largest absolute Gasteiger partial charge is 0.372 e. The molecule has 0 aliphatic rings. The van der Waals surface area contributed by atoms with Crippen LogP contribution in [0.25, 0.3) is 5.69 Å². The van der Waals surface area contributed by atoms with Gasteiger partial charge in [-0.05, 0) is 62.7 Å². The van der Waals surface area contributed by atoms with Gasteiger partial charge in [0.25, 0.3) is 0 Å². The van der Waals surface area contributed by atoms with Gasteiger partial charge in [-0.3, -0.25) is 0 Å². The van der Waals surface area contributed by atoms with Gasteiger partial charge >= 0.3 is 0 Å². The highest BCUT2D eigenvalue weighted by atomic mass is 15.1. The number of benzene rings is 1. The Morgan fingerprint density at radius 2 is 1.74 bits per heavy atom.